The third-order valence-electron chi connectivity index (χ3n) is 9.46. The Balaban J connectivity index is 0.00000392. The Morgan fingerprint density at radius 1 is 0.420 bits per heavy atom. The van der Waals surface area contributed by atoms with Gasteiger partial charge in [0.25, 0.3) is 0 Å². The number of hydrogen-bond acceptors (Lipinski definition) is 4. The van der Waals surface area contributed by atoms with Gasteiger partial charge in [-0.15, -0.1) is 0 Å². The molecule has 50 heavy (non-hydrogen) atoms. The van der Waals surface area contributed by atoms with Gasteiger partial charge in [0, 0.05) is 36.2 Å². The van der Waals surface area contributed by atoms with E-state index in [1.54, 1.807) is 0 Å². The first-order chi connectivity index (χ1) is 23.7. The molecule has 8 bridgehead atoms. The third kappa shape index (κ3) is 5.85. The monoisotopic (exact) mass is 762 g/mol. The van der Waals surface area contributed by atoms with Crippen molar-refractivity contribution < 1.29 is 19.5 Å². The van der Waals surface area contributed by atoms with Crippen molar-refractivity contribution in [1.82, 2.24) is 0 Å². The molecule has 3 aromatic rings. The van der Waals surface area contributed by atoms with Crippen LogP contribution in [0.15, 0.2) is 150 Å². The number of nitrogens with zero attached hydrogens (tertiary/aromatic N) is 4. The number of benzene rings is 3. The number of halogens is 1. The minimum atomic E-state index is 0. The van der Waals surface area contributed by atoms with E-state index in [2.05, 4.69) is 155 Å². The van der Waals surface area contributed by atoms with Crippen LogP contribution in [0.2, 0.25) is 0 Å². The molecule has 0 unspecified atom stereocenters. The molecule has 0 N–H and O–H groups in total. The maximum atomic E-state index is 5.38. The quantitative estimate of drug-likeness (QED) is 0.239. The van der Waals surface area contributed by atoms with Gasteiger partial charge in [-0.25, -0.2) is 20.0 Å². The molecular formula is C44H35BrN4Zn. The Kier molecular flexibility index (Phi) is 8.96. The van der Waals surface area contributed by atoms with Crippen molar-refractivity contribution in [1.29, 1.82) is 0 Å². The van der Waals surface area contributed by atoms with Crippen molar-refractivity contribution in [2.45, 2.75) is 41.5 Å². The first kappa shape index (κ1) is 33.8. The first-order valence-electron chi connectivity index (χ1n) is 16.6. The van der Waals surface area contributed by atoms with Crippen molar-refractivity contribution in [2.24, 2.45) is 20.0 Å². The van der Waals surface area contributed by atoms with Crippen LogP contribution in [-0.2, 0) is 19.5 Å². The van der Waals surface area contributed by atoms with Gasteiger partial charge in [0.05, 0.1) is 50.1 Å². The topological polar surface area (TPSA) is 49.4 Å². The molecule has 240 valence electrons. The normalized spacial score (nSPS) is 17.6. The number of fused-ring (bicyclic) bond motifs is 4. The van der Waals surface area contributed by atoms with Crippen molar-refractivity contribution in [2.75, 3.05) is 0 Å². The Morgan fingerprint density at radius 2 is 0.780 bits per heavy atom. The summed E-state index contributed by atoms with van der Waals surface area (Å²) in [5.41, 5.74) is 20.5. The van der Waals surface area contributed by atoms with E-state index in [0.717, 1.165) is 83.5 Å². The van der Waals surface area contributed by atoms with Gasteiger partial charge in [0.2, 0.25) is 0 Å². The van der Waals surface area contributed by atoms with Crippen LogP contribution in [0.25, 0.3) is 16.7 Å². The summed E-state index contributed by atoms with van der Waals surface area (Å²) in [7, 11) is 0. The number of allylic oxidation sites excluding steroid dienone is 12. The Morgan fingerprint density at radius 3 is 1.26 bits per heavy atom. The summed E-state index contributed by atoms with van der Waals surface area (Å²) < 4.78 is 0.845. The zero-order chi connectivity index (χ0) is 34.0. The largest absolute Gasteiger partial charge is 0.248 e. The van der Waals surface area contributed by atoms with E-state index < -0.39 is 0 Å². The molecule has 0 fully saturated rings. The Labute approximate surface area is 315 Å². The molecule has 0 atom stereocenters. The fourth-order valence-corrected chi connectivity index (χ4v) is 8.06. The minimum absolute atomic E-state index is 0. The van der Waals surface area contributed by atoms with Gasteiger partial charge in [-0.2, -0.15) is 0 Å². The molecule has 5 heterocycles. The second kappa shape index (κ2) is 13.2. The standard InChI is InChI=1S/C44H35BrN4.Zn/c1-24-20-26(3)39(27(4)21-24)42-33-14-12-31(46-33)41(30-10-8-7-9-11-30)32-13-15-34(47-32)43(40-28(5)22-25(2)23-29(40)6)36-17-19-38(49-36)44(45)37-18-16-35(42)48-37;/h7-23H,1-6H3;. The van der Waals surface area contributed by atoms with E-state index >= 15 is 0 Å². The van der Waals surface area contributed by atoms with E-state index in [1.807, 2.05) is 6.07 Å². The van der Waals surface area contributed by atoms with Crippen LogP contribution in [0.1, 0.15) is 50.1 Å². The molecule has 3 aromatic carbocycles. The van der Waals surface area contributed by atoms with Crippen molar-refractivity contribution >= 4 is 55.5 Å². The summed E-state index contributed by atoms with van der Waals surface area (Å²) in [6.07, 6.45) is 16.8. The number of hydrogen-bond donors (Lipinski definition) is 0. The van der Waals surface area contributed by atoms with Crippen LogP contribution in [0.4, 0.5) is 0 Å². The SMILES string of the molecule is Cc1cc(C)c(C2=C3C=CC(=N3)C(Br)=C3C=CC(=N3)C(c3c(C)cc(C)cc3C)=C3C=CC(=N3)C(c3ccccc3)=C3C=CC2=N3)c(C)c1.[Zn]. The molecule has 0 aromatic heterocycles. The van der Waals surface area contributed by atoms with Gasteiger partial charge in [-0.05, 0) is 145 Å². The molecule has 0 saturated carbocycles. The van der Waals surface area contributed by atoms with Gasteiger partial charge < -0.3 is 0 Å². The van der Waals surface area contributed by atoms with Crippen LogP contribution < -0.4 is 0 Å². The summed E-state index contributed by atoms with van der Waals surface area (Å²) in [6.45, 7) is 13.0. The predicted molar refractivity (Wildman–Crippen MR) is 211 cm³/mol. The summed E-state index contributed by atoms with van der Waals surface area (Å²) in [6, 6.07) is 19.4. The Bertz CT molecular complexity index is 2320. The zero-order valence-corrected chi connectivity index (χ0v) is 33.7. The maximum absolute atomic E-state index is 5.38. The number of aryl methyl sites for hydroxylation is 6. The van der Waals surface area contributed by atoms with E-state index in [4.69, 9.17) is 20.0 Å². The molecule has 6 heteroatoms. The van der Waals surface area contributed by atoms with Crippen LogP contribution in [0, 0.1) is 41.5 Å². The van der Waals surface area contributed by atoms with Crippen LogP contribution in [-0.4, -0.2) is 22.8 Å². The second-order valence-electron chi connectivity index (χ2n) is 13.2. The molecular weight excluding hydrogens is 730 g/mol. The summed E-state index contributed by atoms with van der Waals surface area (Å²) in [5.74, 6) is 0. The molecule has 5 aliphatic rings. The third-order valence-corrected chi connectivity index (χ3v) is 10.3. The van der Waals surface area contributed by atoms with Crippen LogP contribution in [0.5, 0.6) is 0 Å². The summed E-state index contributed by atoms with van der Waals surface area (Å²) in [5, 5.41) is 0. The van der Waals surface area contributed by atoms with Crippen LogP contribution >= 0.6 is 15.9 Å². The molecule has 0 radical (unpaired) electrons. The number of aliphatic imine (C=N–C) groups is 4. The predicted octanol–water partition coefficient (Wildman–Crippen LogP) is 10.7. The molecule has 4 nitrogen and oxygen atoms in total. The molecule has 0 amide bonds. The van der Waals surface area contributed by atoms with Crippen molar-refractivity contribution in [3.8, 4) is 0 Å². The van der Waals surface area contributed by atoms with E-state index in [0.29, 0.717) is 0 Å². The van der Waals surface area contributed by atoms with Gasteiger partial charge in [-0.3, -0.25) is 0 Å². The maximum Gasteiger partial charge on any atom is 0.0801 e. The van der Waals surface area contributed by atoms with E-state index in [-0.39, 0.29) is 19.5 Å². The van der Waals surface area contributed by atoms with Gasteiger partial charge in [0.15, 0.2) is 0 Å². The minimum Gasteiger partial charge on any atom is -0.248 e. The first-order valence-corrected chi connectivity index (χ1v) is 17.4. The fraction of sp³-hybridized carbons (Fsp3) is 0.136. The number of rotatable bonds is 3. The summed E-state index contributed by atoms with van der Waals surface area (Å²) in [4.78, 5) is 21.2. The Hall–Kier alpha value is -4.64. The van der Waals surface area contributed by atoms with Gasteiger partial charge in [0.1, 0.15) is 0 Å². The van der Waals surface area contributed by atoms with Crippen molar-refractivity contribution in [3.05, 3.63) is 181 Å². The van der Waals surface area contributed by atoms with E-state index in [1.165, 1.54) is 33.4 Å². The van der Waals surface area contributed by atoms with Gasteiger partial charge in [-0.1, -0.05) is 65.7 Å². The molecule has 8 rings (SSSR count). The molecule has 0 aliphatic carbocycles. The summed E-state index contributed by atoms with van der Waals surface area (Å²) >= 11 is 3.90. The zero-order valence-electron chi connectivity index (χ0n) is 29.2. The average Bonchev–Trinajstić information content (AvgIpc) is 3.89. The van der Waals surface area contributed by atoms with Gasteiger partial charge >= 0.3 is 0 Å². The average molecular weight is 765 g/mol. The van der Waals surface area contributed by atoms with Crippen LogP contribution in [0.3, 0.4) is 0 Å². The second-order valence-corrected chi connectivity index (χ2v) is 14.0. The molecule has 0 saturated heterocycles. The molecule has 5 aliphatic heterocycles. The smallest absolute Gasteiger partial charge is 0.0801 e. The van der Waals surface area contributed by atoms with Crippen molar-refractivity contribution in [3.63, 3.8) is 0 Å². The van der Waals surface area contributed by atoms with E-state index in [9.17, 15) is 0 Å². The fourth-order valence-electron chi connectivity index (χ4n) is 7.62. The molecule has 0 spiro atoms.